The van der Waals surface area contributed by atoms with Crippen LogP contribution in [0.15, 0.2) is 42.5 Å². The van der Waals surface area contributed by atoms with Crippen molar-refractivity contribution in [2.24, 2.45) is 0 Å². The first-order valence-corrected chi connectivity index (χ1v) is 10.1. The van der Waals surface area contributed by atoms with E-state index in [1.807, 2.05) is 0 Å². The van der Waals surface area contributed by atoms with Crippen molar-refractivity contribution in [3.8, 4) is 0 Å². The topological polar surface area (TPSA) is 29.5 Å². The number of unbranched alkanes of at least 4 members (excludes halogenated alkanes) is 8. The SMILES string of the molecule is C=C(C)C(=O)OCCCCCCCCCCCN(C)Cc1ccccc1. The molecule has 0 bridgehead atoms. The van der Waals surface area contributed by atoms with E-state index in [1.54, 1.807) is 6.92 Å². The zero-order chi connectivity index (χ0) is 19.0. The normalized spacial score (nSPS) is 10.9. The van der Waals surface area contributed by atoms with E-state index >= 15 is 0 Å². The average Bonchev–Trinajstić information content (AvgIpc) is 2.63. The van der Waals surface area contributed by atoms with Crippen LogP contribution in [0.1, 0.15) is 70.3 Å². The van der Waals surface area contributed by atoms with Crippen molar-refractivity contribution in [3.63, 3.8) is 0 Å². The van der Waals surface area contributed by atoms with Crippen molar-refractivity contribution in [2.75, 3.05) is 20.2 Å². The van der Waals surface area contributed by atoms with Crippen LogP contribution in [0.3, 0.4) is 0 Å². The summed E-state index contributed by atoms with van der Waals surface area (Å²) in [5.41, 5.74) is 1.88. The Bertz CT molecular complexity index is 498. The molecule has 0 aliphatic heterocycles. The number of nitrogens with zero attached hydrogens (tertiary/aromatic N) is 1. The molecule has 3 nitrogen and oxygen atoms in total. The molecule has 1 rings (SSSR count). The van der Waals surface area contributed by atoms with Gasteiger partial charge in [0.25, 0.3) is 0 Å². The quantitative estimate of drug-likeness (QED) is 0.227. The van der Waals surface area contributed by atoms with Gasteiger partial charge in [-0.05, 0) is 38.9 Å². The van der Waals surface area contributed by atoms with E-state index in [9.17, 15) is 4.79 Å². The van der Waals surface area contributed by atoms with Crippen LogP contribution < -0.4 is 0 Å². The number of carbonyl (C=O) groups excluding carboxylic acids is 1. The third kappa shape index (κ3) is 11.9. The molecule has 0 atom stereocenters. The summed E-state index contributed by atoms with van der Waals surface area (Å²) in [4.78, 5) is 13.6. The lowest BCUT2D eigenvalue weighted by molar-refractivity contribution is -0.139. The predicted octanol–water partition coefficient (Wildman–Crippen LogP) is 5.75. The summed E-state index contributed by atoms with van der Waals surface area (Å²) in [6.45, 7) is 8.01. The summed E-state index contributed by atoms with van der Waals surface area (Å²) in [5, 5.41) is 0. The van der Waals surface area contributed by atoms with Gasteiger partial charge in [-0.25, -0.2) is 4.79 Å². The monoisotopic (exact) mass is 359 g/mol. The lowest BCUT2D eigenvalue weighted by Crippen LogP contribution is -2.18. The van der Waals surface area contributed by atoms with Crippen LogP contribution in [-0.4, -0.2) is 31.1 Å². The Morgan fingerprint density at radius 1 is 0.923 bits per heavy atom. The minimum absolute atomic E-state index is 0.264. The molecule has 146 valence electrons. The van der Waals surface area contributed by atoms with Crippen molar-refractivity contribution in [2.45, 2.75) is 71.3 Å². The Morgan fingerprint density at radius 2 is 1.46 bits per heavy atom. The van der Waals surface area contributed by atoms with E-state index in [-0.39, 0.29) is 5.97 Å². The van der Waals surface area contributed by atoms with Crippen LogP contribution >= 0.6 is 0 Å². The molecule has 1 aromatic rings. The second kappa shape index (κ2) is 14.5. The molecule has 3 heteroatoms. The van der Waals surface area contributed by atoms with Crippen molar-refractivity contribution in [3.05, 3.63) is 48.0 Å². The Labute approximate surface area is 160 Å². The number of ether oxygens (including phenoxy) is 1. The second-order valence-electron chi connectivity index (χ2n) is 7.32. The van der Waals surface area contributed by atoms with Crippen molar-refractivity contribution < 1.29 is 9.53 Å². The lowest BCUT2D eigenvalue weighted by atomic mass is 10.1. The Balaban J connectivity index is 1.83. The summed E-state index contributed by atoms with van der Waals surface area (Å²) in [6.07, 6.45) is 11.3. The summed E-state index contributed by atoms with van der Waals surface area (Å²) in [7, 11) is 2.21. The van der Waals surface area contributed by atoms with E-state index in [0.717, 1.165) is 19.4 Å². The van der Waals surface area contributed by atoms with Gasteiger partial charge in [-0.3, -0.25) is 0 Å². The molecule has 26 heavy (non-hydrogen) atoms. The molecule has 0 aliphatic carbocycles. The number of carbonyl (C=O) groups is 1. The summed E-state index contributed by atoms with van der Waals surface area (Å²) < 4.78 is 5.09. The number of rotatable bonds is 15. The number of hydrogen-bond acceptors (Lipinski definition) is 3. The molecule has 0 aliphatic rings. The standard InChI is InChI=1S/C23H37NO2/c1-21(2)23(25)26-19-15-10-8-6-4-5-7-9-14-18-24(3)20-22-16-12-11-13-17-22/h11-13,16-17H,1,4-10,14-15,18-20H2,2-3H3. The molecule has 0 aromatic heterocycles. The summed E-state index contributed by atoms with van der Waals surface area (Å²) >= 11 is 0. The van der Waals surface area contributed by atoms with Gasteiger partial charge in [-0.2, -0.15) is 0 Å². The zero-order valence-electron chi connectivity index (χ0n) is 16.8. The maximum absolute atomic E-state index is 11.2. The maximum atomic E-state index is 11.2. The highest BCUT2D eigenvalue weighted by Crippen LogP contribution is 2.11. The minimum atomic E-state index is -0.264. The Morgan fingerprint density at radius 3 is 2.04 bits per heavy atom. The van der Waals surface area contributed by atoms with Gasteiger partial charge in [0.1, 0.15) is 0 Å². The smallest absolute Gasteiger partial charge is 0.333 e. The molecule has 0 spiro atoms. The molecular formula is C23H37NO2. The van der Waals surface area contributed by atoms with Crippen LogP contribution in [0.2, 0.25) is 0 Å². The Kier molecular flexibility index (Phi) is 12.6. The molecular weight excluding hydrogens is 322 g/mol. The van der Waals surface area contributed by atoms with Gasteiger partial charge >= 0.3 is 5.97 Å². The second-order valence-corrected chi connectivity index (χ2v) is 7.32. The molecule has 0 N–H and O–H groups in total. The largest absolute Gasteiger partial charge is 0.462 e. The highest BCUT2D eigenvalue weighted by atomic mass is 16.5. The van der Waals surface area contributed by atoms with Crippen LogP contribution in [0, 0.1) is 0 Å². The zero-order valence-corrected chi connectivity index (χ0v) is 16.8. The summed E-state index contributed by atoms with van der Waals surface area (Å²) in [5.74, 6) is -0.264. The van der Waals surface area contributed by atoms with Crippen LogP contribution in [-0.2, 0) is 16.1 Å². The molecule has 0 amide bonds. The first-order valence-electron chi connectivity index (χ1n) is 10.1. The first-order chi connectivity index (χ1) is 12.6. The predicted molar refractivity (Wildman–Crippen MR) is 110 cm³/mol. The molecule has 0 radical (unpaired) electrons. The molecule has 1 aromatic carbocycles. The molecule has 0 unspecified atom stereocenters. The van der Waals surface area contributed by atoms with E-state index in [4.69, 9.17) is 4.74 Å². The van der Waals surface area contributed by atoms with Gasteiger partial charge in [-0.15, -0.1) is 0 Å². The van der Waals surface area contributed by atoms with Crippen LogP contribution in [0.5, 0.6) is 0 Å². The lowest BCUT2D eigenvalue weighted by Gasteiger charge is -2.16. The van der Waals surface area contributed by atoms with Crippen molar-refractivity contribution in [1.82, 2.24) is 4.90 Å². The summed E-state index contributed by atoms with van der Waals surface area (Å²) in [6, 6.07) is 10.7. The first kappa shape index (κ1) is 22.4. The van der Waals surface area contributed by atoms with E-state index in [2.05, 4.69) is 48.9 Å². The van der Waals surface area contributed by atoms with E-state index in [0.29, 0.717) is 12.2 Å². The van der Waals surface area contributed by atoms with Gasteiger partial charge in [0.05, 0.1) is 6.61 Å². The molecule has 0 saturated heterocycles. The van der Waals surface area contributed by atoms with Gasteiger partial charge in [-0.1, -0.05) is 81.9 Å². The maximum Gasteiger partial charge on any atom is 0.333 e. The molecule has 0 saturated carbocycles. The van der Waals surface area contributed by atoms with Crippen molar-refractivity contribution in [1.29, 1.82) is 0 Å². The van der Waals surface area contributed by atoms with Gasteiger partial charge in [0.15, 0.2) is 0 Å². The van der Waals surface area contributed by atoms with E-state index < -0.39 is 0 Å². The van der Waals surface area contributed by atoms with Crippen molar-refractivity contribution >= 4 is 5.97 Å². The average molecular weight is 360 g/mol. The fourth-order valence-corrected chi connectivity index (χ4v) is 2.98. The van der Waals surface area contributed by atoms with Crippen LogP contribution in [0.25, 0.3) is 0 Å². The third-order valence-corrected chi connectivity index (χ3v) is 4.56. The van der Waals surface area contributed by atoms with Crippen LogP contribution in [0.4, 0.5) is 0 Å². The molecule has 0 fully saturated rings. The highest BCUT2D eigenvalue weighted by molar-refractivity contribution is 5.86. The highest BCUT2D eigenvalue weighted by Gasteiger charge is 2.02. The number of benzene rings is 1. The van der Waals surface area contributed by atoms with Gasteiger partial charge in [0.2, 0.25) is 0 Å². The van der Waals surface area contributed by atoms with Gasteiger partial charge < -0.3 is 9.64 Å². The third-order valence-electron chi connectivity index (χ3n) is 4.56. The Hall–Kier alpha value is -1.61. The van der Waals surface area contributed by atoms with Gasteiger partial charge in [0, 0.05) is 12.1 Å². The fraction of sp³-hybridized carbons (Fsp3) is 0.609. The van der Waals surface area contributed by atoms with E-state index in [1.165, 1.54) is 57.1 Å². The molecule has 0 heterocycles. The number of esters is 1. The fourth-order valence-electron chi connectivity index (χ4n) is 2.98. The minimum Gasteiger partial charge on any atom is -0.462 e. The number of hydrogen-bond donors (Lipinski definition) is 0.